The minimum absolute atomic E-state index is 0. The molecule has 0 saturated carbocycles. The Kier molecular flexibility index (Phi) is 7.91. The van der Waals surface area contributed by atoms with Crippen LogP contribution in [0.3, 0.4) is 0 Å². The predicted molar refractivity (Wildman–Crippen MR) is 29.6 cm³/mol. The largest absolute Gasteiger partial charge is 1.00 e. The summed E-state index contributed by atoms with van der Waals surface area (Å²) in [5.74, 6) is -0.297. The van der Waals surface area contributed by atoms with Crippen molar-refractivity contribution in [2.75, 3.05) is 0 Å². The Balaban J connectivity index is 0. The zero-order valence-electron chi connectivity index (χ0n) is 4.50. The fourth-order valence-corrected chi connectivity index (χ4v) is 0.426. The molecule has 0 bridgehead atoms. The first-order valence-corrected chi connectivity index (χ1v) is 2.59. The Morgan fingerprint density at radius 3 is 2.12 bits per heavy atom. The third kappa shape index (κ3) is 9.69. The maximum atomic E-state index is 9.98. The minimum atomic E-state index is -0.297. The molecule has 52 valence electrons. The van der Waals surface area contributed by atoms with Crippen molar-refractivity contribution in [2.24, 2.45) is 0 Å². The molecule has 8 heavy (non-hydrogen) atoms. The van der Waals surface area contributed by atoms with Crippen LogP contribution in [0.1, 0.15) is 13.8 Å². The van der Waals surface area contributed by atoms with Crippen LogP contribution < -0.4 is 0 Å². The molecule has 0 spiro atoms. The molecular formula is C4H6BrCuO2. The Morgan fingerprint density at radius 1 is 1.75 bits per heavy atom. The Hall–Kier alpha value is 0.469. The fourth-order valence-electron chi connectivity index (χ4n) is 0.198. The van der Waals surface area contributed by atoms with E-state index in [2.05, 4.69) is 20.7 Å². The van der Waals surface area contributed by atoms with E-state index in [0.29, 0.717) is 5.01 Å². The van der Waals surface area contributed by atoms with Crippen LogP contribution >= 0.6 is 15.9 Å². The van der Waals surface area contributed by atoms with Gasteiger partial charge < -0.3 is 4.74 Å². The molecule has 0 rings (SSSR count). The van der Waals surface area contributed by atoms with Gasteiger partial charge in [0.1, 0.15) is 0 Å². The van der Waals surface area contributed by atoms with E-state index in [0.717, 1.165) is 0 Å². The topological polar surface area (TPSA) is 26.3 Å². The van der Waals surface area contributed by atoms with Gasteiger partial charge in [0.15, 0.2) is 0 Å². The quantitative estimate of drug-likeness (QED) is 0.386. The molecule has 0 atom stereocenters. The molecule has 0 aromatic heterocycles. The van der Waals surface area contributed by atoms with Crippen LogP contribution in [-0.4, -0.2) is 5.97 Å². The van der Waals surface area contributed by atoms with Crippen LogP contribution in [0.2, 0.25) is 0 Å². The van der Waals surface area contributed by atoms with Gasteiger partial charge in [0, 0.05) is 6.92 Å². The monoisotopic (exact) mass is 228 g/mol. The molecule has 4 heteroatoms. The molecule has 0 aliphatic rings. The van der Waals surface area contributed by atoms with Gasteiger partial charge >= 0.3 is 17.1 Å². The third-order valence-corrected chi connectivity index (χ3v) is 0.446. The van der Waals surface area contributed by atoms with Crippen molar-refractivity contribution < 1.29 is 26.6 Å². The molecule has 0 aromatic rings. The summed E-state index contributed by atoms with van der Waals surface area (Å²) in [6.45, 7) is 3.01. The second-order valence-corrected chi connectivity index (χ2v) is 2.18. The Labute approximate surface area is 67.6 Å². The number of hydrogen-bond acceptors (Lipinski definition) is 2. The number of carbonyl (C=O) groups is 1. The molecule has 0 fully saturated rings. The molecule has 0 unspecified atom stereocenters. The molecule has 0 radical (unpaired) electrons. The second-order valence-electron chi connectivity index (χ2n) is 1.06. The second kappa shape index (κ2) is 5.60. The number of ether oxygens (including phenoxy) is 1. The first kappa shape index (κ1) is 11.3. The fraction of sp³-hybridized carbons (Fsp3) is 0.500. The van der Waals surface area contributed by atoms with Gasteiger partial charge in [0.25, 0.3) is 5.97 Å². The van der Waals surface area contributed by atoms with E-state index in [1.165, 1.54) is 6.92 Å². The van der Waals surface area contributed by atoms with E-state index in [4.69, 9.17) is 0 Å². The van der Waals surface area contributed by atoms with Crippen molar-refractivity contribution in [2.45, 2.75) is 13.8 Å². The van der Waals surface area contributed by atoms with Crippen molar-refractivity contribution in [3.05, 3.63) is 5.01 Å². The summed E-state index contributed by atoms with van der Waals surface area (Å²) in [5, 5.41) is 0.500. The SMILES string of the molecule is CC(=O)O[C-](C)Br.[Cu+]. The molecule has 0 aromatic carbocycles. The van der Waals surface area contributed by atoms with Crippen LogP contribution in [0.5, 0.6) is 0 Å². The molecule has 0 saturated heterocycles. The maximum Gasteiger partial charge on any atom is 1.00 e. The average Bonchev–Trinajstić information content (AvgIpc) is 1.27. The van der Waals surface area contributed by atoms with Gasteiger partial charge in [-0.05, 0) is 0 Å². The van der Waals surface area contributed by atoms with Gasteiger partial charge in [-0.3, -0.25) is 20.7 Å². The van der Waals surface area contributed by atoms with Crippen molar-refractivity contribution in [3.8, 4) is 0 Å². The Morgan fingerprint density at radius 2 is 2.12 bits per heavy atom. The number of esters is 1. The van der Waals surface area contributed by atoms with E-state index in [1.807, 2.05) is 0 Å². The average molecular weight is 230 g/mol. The van der Waals surface area contributed by atoms with E-state index in [9.17, 15) is 4.79 Å². The van der Waals surface area contributed by atoms with Crippen molar-refractivity contribution in [1.82, 2.24) is 0 Å². The van der Waals surface area contributed by atoms with E-state index in [-0.39, 0.29) is 23.0 Å². The zero-order valence-corrected chi connectivity index (χ0v) is 7.02. The summed E-state index contributed by atoms with van der Waals surface area (Å²) in [7, 11) is 0. The van der Waals surface area contributed by atoms with Gasteiger partial charge in [-0.1, -0.05) is 5.01 Å². The third-order valence-electron chi connectivity index (χ3n) is 0.284. The summed E-state index contributed by atoms with van der Waals surface area (Å²) < 4.78 is 4.44. The Bertz CT molecular complexity index is 74.4. The van der Waals surface area contributed by atoms with Gasteiger partial charge in [0.05, 0.1) is 0 Å². The van der Waals surface area contributed by atoms with E-state index < -0.39 is 0 Å². The summed E-state index contributed by atoms with van der Waals surface area (Å²) in [4.78, 5) is 9.98. The van der Waals surface area contributed by atoms with E-state index in [1.54, 1.807) is 6.92 Å². The molecule has 0 N–H and O–H groups in total. The standard InChI is InChI=1S/C4H6BrO2.Cu/c1-3(5)7-4(2)6;/h1-2H3;/q-1;+1. The van der Waals surface area contributed by atoms with Crippen LogP contribution in [0.15, 0.2) is 0 Å². The van der Waals surface area contributed by atoms with Crippen LogP contribution in [0.25, 0.3) is 0 Å². The smallest absolute Gasteiger partial charge is 0.623 e. The summed E-state index contributed by atoms with van der Waals surface area (Å²) in [6, 6.07) is 0. The van der Waals surface area contributed by atoms with Crippen LogP contribution in [0.4, 0.5) is 0 Å². The van der Waals surface area contributed by atoms with Crippen molar-refractivity contribution in [3.63, 3.8) is 0 Å². The number of halogens is 1. The minimum Gasteiger partial charge on any atom is -0.623 e. The predicted octanol–water partition coefficient (Wildman–Crippen LogP) is 1.45. The van der Waals surface area contributed by atoms with Gasteiger partial charge in [-0.25, -0.2) is 0 Å². The molecular weight excluding hydrogens is 223 g/mol. The van der Waals surface area contributed by atoms with Gasteiger partial charge in [0.2, 0.25) is 0 Å². The normalized spacial score (nSPS) is 8.00. The van der Waals surface area contributed by atoms with Gasteiger partial charge in [-0.2, -0.15) is 0 Å². The summed E-state index contributed by atoms with van der Waals surface area (Å²) in [5.41, 5.74) is 0. The first-order valence-electron chi connectivity index (χ1n) is 1.80. The maximum absolute atomic E-state index is 9.98. The number of rotatable bonds is 1. The van der Waals surface area contributed by atoms with Crippen LogP contribution in [-0.2, 0) is 26.6 Å². The first-order chi connectivity index (χ1) is 3.13. The molecule has 0 aliphatic carbocycles. The summed E-state index contributed by atoms with van der Waals surface area (Å²) >= 11 is 2.95. The van der Waals surface area contributed by atoms with Gasteiger partial charge in [-0.15, -0.1) is 6.92 Å². The number of carbonyl (C=O) groups excluding carboxylic acids is 1. The van der Waals surface area contributed by atoms with Crippen LogP contribution in [0, 0.1) is 5.01 Å². The van der Waals surface area contributed by atoms with Crippen molar-refractivity contribution >= 4 is 21.9 Å². The molecule has 0 amide bonds. The molecule has 2 nitrogen and oxygen atoms in total. The van der Waals surface area contributed by atoms with E-state index >= 15 is 0 Å². The zero-order chi connectivity index (χ0) is 5.86. The number of hydrogen-bond donors (Lipinski definition) is 0. The molecule has 0 heterocycles. The van der Waals surface area contributed by atoms with Crippen molar-refractivity contribution in [1.29, 1.82) is 0 Å². The summed E-state index contributed by atoms with van der Waals surface area (Å²) in [6.07, 6.45) is 0. The molecule has 0 aliphatic heterocycles.